The zero-order valence-corrected chi connectivity index (χ0v) is 9.20. The fourth-order valence-corrected chi connectivity index (χ4v) is 1.16. The number of hydrogen-bond donors (Lipinski definition) is 2. The van der Waals surface area contributed by atoms with Crippen molar-refractivity contribution in [3.05, 3.63) is 35.9 Å². The van der Waals surface area contributed by atoms with E-state index >= 15 is 0 Å². The van der Waals surface area contributed by atoms with Crippen LogP contribution >= 0.6 is 0 Å². The average Bonchev–Trinajstić information content (AvgIpc) is 2.34. The van der Waals surface area contributed by atoms with E-state index in [0.29, 0.717) is 0 Å². The van der Waals surface area contributed by atoms with Crippen LogP contribution in [0, 0.1) is 0 Å². The fraction of sp³-hybridized carbons (Fsp3) is 0.273. The van der Waals surface area contributed by atoms with Gasteiger partial charge >= 0.3 is 5.97 Å². The predicted octanol–water partition coefficient (Wildman–Crippen LogP) is -0.00990. The van der Waals surface area contributed by atoms with Gasteiger partial charge < -0.3 is 10.8 Å². The maximum absolute atomic E-state index is 11.3. The number of hydrogen-bond acceptors (Lipinski definition) is 4. The Morgan fingerprint density at radius 1 is 1.29 bits per heavy atom. The molecule has 0 saturated heterocycles. The fourth-order valence-electron chi connectivity index (χ4n) is 1.16. The van der Waals surface area contributed by atoms with Gasteiger partial charge in [-0.25, -0.2) is 5.06 Å². The van der Waals surface area contributed by atoms with E-state index in [1.807, 2.05) is 30.3 Å². The molecular weight excluding hydrogens is 224 g/mol. The van der Waals surface area contributed by atoms with Gasteiger partial charge in [-0.05, 0) is 5.56 Å². The lowest BCUT2D eigenvalue weighted by Gasteiger charge is -2.19. The minimum absolute atomic E-state index is 0.125. The lowest BCUT2D eigenvalue weighted by atomic mass is 10.2. The van der Waals surface area contributed by atoms with Crippen LogP contribution in [0.25, 0.3) is 0 Å². The monoisotopic (exact) mass is 238 g/mol. The molecule has 0 aliphatic rings. The van der Waals surface area contributed by atoms with Crippen molar-refractivity contribution in [3.8, 4) is 0 Å². The molecule has 1 amide bonds. The molecule has 0 aliphatic heterocycles. The molecule has 3 N–H and O–H groups in total. The van der Waals surface area contributed by atoms with Crippen LogP contribution in [0.4, 0.5) is 0 Å². The van der Waals surface area contributed by atoms with E-state index in [-0.39, 0.29) is 13.2 Å². The highest BCUT2D eigenvalue weighted by Crippen LogP contribution is 2.03. The molecule has 92 valence electrons. The van der Waals surface area contributed by atoms with Gasteiger partial charge in [0.2, 0.25) is 0 Å². The Morgan fingerprint density at radius 3 is 2.47 bits per heavy atom. The van der Waals surface area contributed by atoms with Crippen molar-refractivity contribution < 1.29 is 19.5 Å². The number of hydroxylamine groups is 2. The zero-order valence-electron chi connectivity index (χ0n) is 9.20. The second kappa shape index (κ2) is 6.62. The Kier molecular flexibility index (Phi) is 5.12. The molecule has 1 aromatic rings. The molecule has 0 aliphatic carbocycles. The number of rotatable bonds is 6. The van der Waals surface area contributed by atoms with Gasteiger partial charge in [0, 0.05) is 0 Å². The molecular formula is C11H14N2O4. The smallest absolute Gasteiger partial charge is 0.325 e. The standard InChI is InChI=1S/C11H14N2O4/c12-6-10(14)13(7-11(15)16)17-8-9-4-2-1-3-5-9/h1-5H,6-8,12H2,(H,15,16). The van der Waals surface area contributed by atoms with Crippen LogP contribution < -0.4 is 5.73 Å². The summed E-state index contributed by atoms with van der Waals surface area (Å²) in [6.45, 7) is -0.690. The molecule has 6 heteroatoms. The van der Waals surface area contributed by atoms with Crippen molar-refractivity contribution in [2.75, 3.05) is 13.1 Å². The van der Waals surface area contributed by atoms with E-state index in [2.05, 4.69) is 0 Å². The second-order valence-electron chi connectivity index (χ2n) is 3.29. The van der Waals surface area contributed by atoms with Gasteiger partial charge in [-0.2, -0.15) is 0 Å². The molecule has 0 saturated carbocycles. The van der Waals surface area contributed by atoms with E-state index in [9.17, 15) is 9.59 Å². The molecule has 1 rings (SSSR count). The summed E-state index contributed by atoms with van der Waals surface area (Å²) in [6, 6.07) is 9.12. The second-order valence-corrected chi connectivity index (χ2v) is 3.29. The number of carboxylic acids is 1. The van der Waals surface area contributed by atoms with Crippen molar-refractivity contribution in [2.24, 2.45) is 5.73 Å². The number of benzene rings is 1. The van der Waals surface area contributed by atoms with Crippen LogP contribution in [0.5, 0.6) is 0 Å². The molecule has 0 aromatic heterocycles. The van der Waals surface area contributed by atoms with Crippen molar-refractivity contribution in [3.63, 3.8) is 0 Å². The van der Waals surface area contributed by atoms with Gasteiger partial charge in [-0.1, -0.05) is 30.3 Å². The molecule has 0 unspecified atom stereocenters. The zero-order chi connectivity index (χ0) is 12.7. The normalized spacial score (nSPS) is 9.94. The summed E-state index contributed by atoms with van der Waals surface area (Å²) in [6.07, 6.45) is 0. The van der Waals surface area contributed by atoms with E-state index in [1.54, 1.807) is 0 Å². The first kappa shape index (κ1) is 13.1. The lowest BCUT2D eigenvalue weighted by molar-refractivity contribution is -0.195. The highest BCUT2D eigenvalue weighted by Gasteiger charge is 2.16. The maximum Gasteiger partial charge on any atom is 0.325 e. The van der Waals surface area contributed by atoms with E-state index in [4.69, 9.17) is 15.7 Å². The Labute approximate surface area is 98.5 Å². The first-order valence-electron chi connectivity index (χ1n) is 5.02. The van der Waals surface area contributed by atoms with Crippen LogP contribution in [-0.4, -0.2) is 35.1 Å². The molecule has 0 radical (unpaired) electrons. The molecule has 0 bridgehead atoms. The SMILES string of the molecule is NCC(=O)N(CC(=O)O)OCc1ccccc1. The summed E-state index contributed by atoms with van der Waals surface area (Å²) >= 11 is 0. The molecule has 17 heavy (non-hydrogen) atoms. The van der Waals surface area contributed by atoms with Crippen LogP contribution in [-0.2, 0) is 21.0 Å². The first-order chi connectivity index (χ1) is 8.13. The number of nitrogens with two attached hydrogens (primary N) is 1. The average molecular weight is 238 g/mol. The van der Waals surface area contributed by atoms with Gasteiger partial charge in [0.1, 0.15) is 13.2 Å². The molecule has 0 heterocycles. The van der Waals surface area contributed by atoms with Gasteiger partial charge in [0.05, 0.1) is 6.54 Å². The minimum atomic E-state index is -1.15. The molecule has 0 fully saturated rings. The number of carbonyl (C=O) groups excluding carboxylic acids is 1. The minimum Gasteiger partial charge on any atom is -0.480 e. The molecule has 6 nitrogen and oxygen atoms in total. The number of amides is 1. The van der Waals surface area contributed by atoms with E-state index < -0.39 is 18.4 Å². The van der Waals surface area contributed by atoms with Gasteiger partial charge in [0.15, 0.2) is 0 Å². The number of nitrogens with zero attached hydrogens (tertiary/aromatic N) is 1. The largest absolute Gasteiger partial charge is 0.480 e. The van der Waals surface area contributed by atoms with Crippen molar-refractivity contribution >= 4 is 11.9 Å². The third kappa shape index (κ3) is 4.62. The first-order valence-corrected chi connectivity index (χ1v) is 5.02. The Hall–Kier alpha value is -1.92. The Bertz CT molecular complexity index is 380. The van der Waals surface area contributed by atoms with E-state index in [1.165, 1.54) is 0 Å². The molecule has 0 spiro atoms. The van der Waals surface area contributed by atoms with Crippen LogP contribution in [0.15, 0.2) is 30.3 Å². The summed E-state index contributed by atoms with van der Waals surface area (Å²) in [7, 11) is 0. The molecule has 0 atom stereocenters. The van der Waals surface area contributed by atoms with Crippen molar-refractivity contribution in [1.82, 2.24) is 5.06 Å². The van der Waals surface area contributed by atoms with Gasteiger partial charge in [-0.3, -0.25) is 14.4 Å². The highest BCUT2D eigenvalue weighted by molar-refractivity contribution is 5.81. The summed E-state index contributed by atoms with van der Waals surface area (Å²) in [4.78, 5) is 26.9. The maximum atomic E-state index is 11.3. The van der Waals surface area contributed by atoms with Crippen LogP contribution in [0.1, 0.15) is 5.56 Å². The van der Waals surface area contributed by atoms with Gasteiger partial charge in [0.25, 0.3) is 5.91 Å². The Balaban J connectivity index is 2.55. The topological polar surface area (TPSA) is 92.9 Å². The van der Waals surface area contributed by atoms with Crippen LogP contribution in [0.2, 0.25) is 0 Å². The third-order valence-electron chi connectivity index (χ3n) is 1.96. The van der Waals surface area contributed by atoms with Crippen LogP contribution in [0.3, 0.4) is 0 Å². The van der Waals surface area contributed by atoms with Gasteiger partial charge in [-0.15, -0.1) is 0 Å². The number of carbonyl (C=O) groups is 2. The quantitative estimate of drug-likeness (QED) is 0.680. The highest BCUT2D eigenvalue weighted by atomic mass is 16.7. The third-order valence-corrected chi connectivity index (χ3v) is 1.96. The van der Waals surface area contributed by atoms with E-state index in [0.717, 1.165) is 10.6 Å². The summed E-state index contributed by atoms with van der Waals surface area (Å²) in [5.74, 6) is -1.72. The Morgan fingerprint density at radius 2 is 1.94 bits per heavy atom. The number of carboxylic acid groups (broad SMARTS) is 1. The van der Waals surface area contributed by atoms with Crippen molar-refractivity contribution in [1.29, 1.82) is 0 Å². The number of aliphatic carboxylic acids is 1. The predicted molar refractivity (Wildman–Crippen MR) is 59.6 cm³/mol. The van der Waals surface area contributed by atoms with Crippen molar-refractivity contribution in [2.45, 2.75) is 6.61 Å². The summed E-state index contributed by atoms with van der Waals surface area (Å²) in [5, 5.41) is 9.37. The molecule has 1 aromatic carbocycles. The summed E-state index contributed by atoms with van der Waals surface area (Å²) in [5.41, 5.74) is 5.99. The lowest BCUT2D eigenvalue weighted by Crippen LogP contribution is -2.39. The summed E-state index contributed by atoms with van der Waals surface area (Å²) < 4.78 is 0.